The van der Waals surface area contributed by atoms with Crippen molar-refractivity contribution in [3.05, 3.63) is 24.0 Å². The second kappa shape index (κ2) is 7.38. The van der Waals surface area contributed by atoms with E-state index in [9.17, 15) is 0 Å². The van der Waals surface area contributed by atoms with Crippen LogP contribution in [-0.4, -0.2) is 13.6 Å². The minimum absolute atomic E-state index is 0.729. The van der Waals surface area contributed by atoms with E-state index < -0.39 is 0 Å². The van der Waals surface area contributed by atoms with Crippen molar-refractivity contribution in [1.29, 1.82) is 0 Å². The van der Waals surface area contributed by atoms with Gasteiger partial charge in [0.05, 0.1) is 0 Å². The lowest BCUT2D eigenvalue weighted by Crippen LogP contribution is -2.23. The molecule has 0 aliphatic carbocycles. The molecule has 1 saturated heterocycles. The lowest BCUT2D eigenvalue weighted by molar-refractivity contribution is 0.441. The third-order valence-electron chi connectivity index (χ3n) is 3.03. The van der Waals surface area contributed by atoms with E-state index in [4.69, 9.17) is 0 Å². The van der Waals surface area contributed by atoms with Gasteiger partial charge in [-0.05, 0) is 43.5 Å². The molecule has 1 unspecified atom stereocenters. The molecule has 1 heterocycles. The lowest BCUT2D eigenvalue weighted by atomic mass is 9.93. The van der Waals surface area contributed by atoms with Crippen LogP contribution in [-0.2, 0) is 0 Å². The molecule has 2 heteroatoms. The molecule has 15 heavy (non-hydrogen) atoms. The van der Waals surface area contributed by atoms with Gasteiger partial charge in [0.25, 0.3) is 0 Å². The monoisotopic (exact) mass is 208 g/mol. The summed E-state index contributed by atoms with van der Waals surface area (Å²) in [5.41, 5.74) is 1.42. The summed E-state index contributed by atoms with van der Waals surface area (Å²) in [6.07, 6.45) is 12.9. The largest absolute Gasteiger partial charge is 0.394 e. The first-order chi connectivity index (χ1) is 7.38. The molecule has 2 N–H and O–H groups in total. The number of hydrogen-bond acceptors (Lipinski definition) is 2. The highest BCUT2D eigenvalue weighted by Crippen LogP contribution is 2.22. The quantitative estimate of drug-likeness (QED) is 0.745. The zero-order valence-corrected chi connectivity index (χ0v) is 10.1. The fraction of sp³-hybridized carbons (Fsp3) is 0.692. The summed E-state index contributed by atoms with van der Waals surface area (Å²) in [4.78, 5) is 0. The van der Waals surface area contributed by atoms with Gasteiger partial charge < -0.3 is 10.6 Å². The molecule has 0 spiro atoms. The van der Waals surface area contributed by atoms with Gasteiger partial charge in [-0.2, -0.15) is 0 Å². The average molecular weight is 208 g/mol. The number of rotatable bonds is 3. The van der Waals surface area contributed by atoms with Crippen LogP contribution in [0.4, 0.5) is 0 Å². The predicted molar refractivity (Wildman–Crippen MR) is 66.5 cm³/mol. The van der Waals surface area contributed by atoms with Crippen LogP contribution in [0.15, 0.2) is 24.0 Å². The Labute approximate surface area is 93.8 Å². The highest BCUT2D eigenvalue weighted by molar-refractivity contribution is 5.13. The molecule has 2 nitrogen and oxygen atoms in total. The van der Waals surface area contributed by atoms with Crippen molar-refractivity contribution in [2.45, 2.75) is 39.0 Å². The third kappa shape index (κ3) is 4.41. The second-order valence-electron chi connectivity index (χ2n) is 4.15. The topological polar surface area (TPSA) is 24.1 Å². The van der Waals surface area contributed by atoms with Gasteiger partial charge in [-0.25, -0.2) is 0 Å². The molecule has 0 bridgehead atoms. The molecule has 1 aliphatic heterocycles. The van der Waals surface area contributed by atoms with Crippen LogP contribution >= 0.6 is 0 Å². The maximum atomic E-state index is 3.56. The van der Waals surface area contributed by atoms with Gasteiger partial charge in [-0.3, -0.25) is 0 Å². The number of allylic oxidation sites excluding steroid dienone is 3. The Morgan fingerprint density at radius 2 is 2.27 bits per heavy atom. The fourth-order valence-corrected chi connectivity index (χ4v) is 2.09. The molecule has 1 fully saturated rings. The first-order valence-corrected chi connectivity index (χ1v) is 6.16. The summed E-state index contributed by atoms with van der Waals surface area (Å²) in [7, 11) is 1.93. The van der Waals surface area contributed by atoms with Crippen molar-refractivity contribution in [3.63, 3.8) is 0 Å². The highest BCUT2D eigenvalue weighted by Gasteiger charge is 2.13. The normalized spacial score (nSPS) is 26.0. The first-order valence-electron chi connectivity index (χ1n) is 6.16. The highest BCUT2D eigenvalue weighted by atomic mass is 14.9. The van der Waals surface area contributed by atoms with Crippen LogP contribution < -0.4 is 10.6 Å². The fourth-order valence-electron chi connectivity index (χ4n) is 2.09. The molecule has 0 amide bonds. The van der Waals surface area contributed by atoms with E-state index in [1.54, 1.807) is 0 Å². The minimum Gasteiger partial charge on any atom is -0.394 e. The van der Waals surface area contributed by atoms with Crippen LogP contribution in [0.5, 0.6) is 0 Å². The standard InChI is InChI=1S/C13H24N2/c1-3-12-8-5-4-6-11-15-13(12)9-7-10-14-2/h7,9-10,12,14-15H,3-6,8,11H2,1-2H3/b10-7+,13-9-. The Morgan fingerprint density at radius 3 is 3.00 bits per heavy atom. The molecular formula is C13H24N2. The van der Waals surface area contributed by atoms with E-state index in [1.807, 2.05) is 13.2 Å². The van der Waals surface area contributed by atoms with Crippen LogP contribution in [0.1, 0.15) is 39.0 Å². The Bertz CT molecular complexity index is 219. The van der Waals surface area contributed by atoms with Gasteiger partial charge >= 0.3 is 0 Å². The average Bonchev–Trinajstić information content (AvgIpc) is 2.22. The van der Waals surface area contributed by atoms with Gasteiger partial charge in [-0.15, -0.1) is 0 Å². The number of hydrogen-bond donors (Lipinski definition) is 2. The third-order valence-corrected chi connectivity index (χ3v) is 3.03. The Balaban J connectivity index is 2.60. The van der Waals surface area contributed by atoms with Crippen LogP contribution in [0.25, 0.3) is 0 Å². The van der Waals surface area contributed by atoms with Crippen molar-refractivity contribution >= 4 is 0 Å². The summed E-state index contributed by atoms with van der Waals surface area (Å²) in [5, 5.41) is 6.58. The minimum atomic E-state index is 0.729. The van der Waals surface area contributed by atoms with E-state index >= 15 is 0 Å². The smallest absolute Gasteiger partial charge is 0.0144 e. The van der Waals surface area contributed by atoms with Gasteiger partial charge in [0, 0.05) is 19.3 Å². The van der Waals surface area contributed by atoms with Crippen LogP contribution in [0.2, 0.25) is 0 Å². The van der Waals surface area contributed by atoms with E-state index in [-0.39, 0.29) is 0 Å². The van der Waals surface area contributed by atoms with Crippen LogP contribution in [0, 0.1) is 5.92 Å². The van der Waals surface area contributed by atoms with Crippen LogP contribution in [0.3, 0.4) is 0 Å². The zero-order chi connectivity index (χ0) is 10.9. The molecule has 0 saturated carbocycles. The molecule has 0 radical (unpaired) electrons. The number of nitrogens with one attached hydrogen (secondary N) is 2. The van der Waals surface area contributed by atoms with Crippen molar-refractivity contribution < 1.29 is 0 Å². The predicted octanol–water partition coefficient (Wildman–Crippen LogP) is 2.79. The Hall–Kier alpha value is -0.920. The summed E-state index contributed by atoms with van der Waals surface area (Å²) < 4.78 is 0. The van der Waals surface area contributed by atoms with Crippen molar-refractivity contribution in [3.8, 4) is 0 Å². The molecule has 1 rings (SSSR count). The van der Waals surface area contributed by atoms with E-state index in [2.05, 4.69) is 29.7 Å². The SMILES string of the molecule is CCC1CCCCCN/C1=C\C=C\NC. The summed E-state index contributed by atoms with van der Waals surface area (Å²) in [5.74, 6) is 0.729. The first kappa shape index (κ1) is 12.2. The lowest BCUT2D eigenvalue weighted by Gasteiger charge is -2.23. The summed E-state index contributed by atoms with van der Waals surface area (Å²) in [6, 6.07) is 0. The van der Waals surface area contributed by atoms with Crippen molar-refractivity contribution in [2.75, 3.05) is 13.6 Å². The van der Waals surface area contributed by atoms with Gasteiger partial charge in [-0.1, -0.05) is 19.8 Å². The Morgan fingerprint density at radius 1 is 1.40 bits per heavy atom. The molecular weight excluding hydrogens is 184 g/mol. The van der Waals surface area contributed by atoms with Gasteiger partial charge in [0.2, 0.25) is 0 Å². The Kier molecular flexibility index (Phi) is 5.98. The maximum absolute atomic E-state index is 3.56. The molecule has 1 atom stereocenters. The van der Waals surface area contributed by atoms with E-state index in [0.717, 1.165) is 12.5 Å². The molecule has 86 valence electrons. The van der Waals surface area contributed by atoms with Gasteiger partial charge in [0.15, 0.2) is 0 Å². The molecule has 0 aromatic carbocycles. The van der Waals surface area contributed by atoms with Crippen molar-refractivity contribution in [1.82, 2.24) is 10.6 Å². The van der Waals surface area contributed by atoms with E-state index in [1.165, 1.54) is 37.8 Å². The van der Waals surface area contributed by atoms with E-state index in [0.29, 0.717) is 0 Å². The summed E-state index contributed by atoms with van der Waals surface area (Å²) in [6.45, 7) is 3.42. The van der Waals surface area contributed by atoms with Crippen molar-refractivity contribution in [2.24, 2.45) is 5.92 Å². The molecule has 1 aliphatic rings. The summed E-state index contributed by atoms with van der Waals surface area (Å²) >= 11 is 0. The zero-order valence-electron chi connectivity index (χ0n) is 10.1. The second-order valence-corrected chi connectivity index (χ2v) is 4.15. The molecule has 0 aromatic rings. The van der Waals surface area contributed by atoms with Gasteiger partial charge in [0.1, 0.15) is 0 Å². The maximum Gasteiger partial charge on any atom is 0.0144 e. The molecule has 0 aromatic heterocycles.